The van der Waals surface area contributed by atoms with Crippen LogP contribution >= 0.6 is 11.6 Å². The maximum Gasteiger partial charge on any atom is 0.221 e. The van der Waals surface area contributed by atoms with Gasteiger partial charge in [-0.25, -0.2) is 4.39 Å². The Hall–Kier alpha value is -2.28. The van der Waals surface area contributed by atoms with Crippen LogP contribution in [0.1, 0.15) is 48.5 Å². The van der Waals surface area contributed by atoms with Crippen LogP contribution in [0.5, 0.6) is 0 Å². The smallest absolute Gasteiger partial charge is 0.221 e. The molecule has 1 amide bonds. The van der Waals surface area contributed by atoms with E-state index < -0.39 is 11.4 Å². The lowest BCUT2D eigenvalue weighted by molar-refractivity contribution is -0.114. The van der Waals surface area contributed by atoms with E-state index in [4.69, 9.17) is 11.6 Å². The number of nitrogens with one attached hydrogen (secondary N) is 1. The van der Waals surface area contributed by atoms with E-state index in [1.807, 2.05) is 12.1 Å². The van der Waals surface area contributed by atoms with Gasteiger partial charge in [0.05, 0.1) is 11.3 Å². The number of amides is 1. The minimum Gasteiger partial charge on any atom is -0.385 e. The Balaban J connectivity index is 1.50. The molecule has 5 nitrogen and oxygen atoms in total. The maximum absolute atomic E-state index is 13.5. The molecule has 0 aliphatic carbocycles. The summed E-state index contributed by atoms with van der Waals surface area (Å²) in [7, 11) is 0. The number of rotatable bonds is 7. The maximum atomic E-state index is 13.5. The fourth-order valence-electron chi connectivity index (χ4n) is 3.85. The first-order valence-electron chi connectivity index (χ1n) is 10.1. The monoisotopic (exact) mass is 432 g/mol. The number of benzene rings is 2. The zero-order chi connectivity index (χ0) is 21.7. The molecule has 3 rings (SSSR count). The molecule has 0 saturated carbocycles. The van der Waals surface area contributed by atoms with Crippen LogP contribution in [-0.2, 0) is 10.4 Å². The molecule has 0 spiro atoms. The van der Waals surface area contributed by atoms with E-state index in [1.165, 1.54) is 19.1 Å². The van der Waals surface area contributed by atoms with Gasteiger partial charge in [0.15, 0.2) is 5.78 Å². The van der Waals surface area contributed by atoms with E-state index in [0.29, 0.717) is 36.3 Å². The van der Waals surface area contributed by atoms with Gasteiger partial charge in [-0.15, -0.1) is 0 Å². The number of Topliss-reactive ketones (excluding diaryl/α,β-unsaturated/α-hetero) is 1. The molecule has 2 aromatic carbocycles. The van der Waals surface area contributed by atoms with Crippen molar-refractivity contribution in [3.63, 3.8) is 0 Å². The molecule has 1 saturated heterocycles. The van der Waals surface area contributed by atoms with Crippen molar-refractivity contribution >= 4 is 29.0 Å². The summed E-state index contributed by atoms with van der Waals surface area (Å²) in [6, 6.07) is 11.1. The molecule has 1 aliphatic heterocycles. The molecular formula is C23H26ClFN2O3. The van der Waals surface area contributed by atoms with Gasteiger partial charge < -0.3 is 15.3 Å². The van der Waals surface area contributed by atoms with Crippen LogP contribution in [-0.4, -0.2) is 41.3 Å². The SMILES string of the molecule is CC(=O)Nc1cc(F)ccc1C(=O)CCCN1CCC(O)(c2ccc(Cl)cc2)CC1. The van der Waals surface area contributed by atoms with Crippen molar-refractivity contribution in [3.8, 4) is 0 Å². The number of likely N-dealkylation sites (tertiary alicyclic amines) is 1. The Kier molecular flexibility index (Phi) is 7.23. The van der Waals surface area contributed by atoms with E-state index in [9.17, 15) is 19.1 Å². The van der Waals surface area contributed by atoms with Gasteiger partial charge in [0.1, 0.15) is 5.82 Å². The van der Waals surface area contributed by atoms with E-state index in [1.54, 1.807) is 12.1 Å². The third-order valence-electron chi connectivity index (χ3n) is 5.54. The molecule has 0 bridgehead atoms. The predicted molar refractivity (Wildman–Crippen MR) is 115 cm³/mol. The Morgan fingerprint density at radius 2 is 1.83 bits per heavy atom. The van der Waals surface area contributed by atoms with E-state index in [2.05, 4.69) is 10.2 Å². The molecule has 160 valence electrons. The van der Waals surface area contributed by atoms with Gasteiger partial charge in [-0.05, 0) is 61.7 Å². The zero-order valence-corrected chi connectivity index (χ0v) is 17.7. The third kappa shape index (κ3) is 5.65. The summed E-state index contributed by atoms with van der Waals surface area (Å²) >= 11 is 5.93. The number of halogens is 2. The van der Waals surface area contributed by atoms with E-state index in [0.717, 1.165) is 31.3 Å². The van der Waals surface area contributed by atoms with Crippen molar-refractivity contribution in [2.75, 3.05) is 25.0 Å². The number of piperidine rings is 1. The molecule has 1 aliphatic rings. The summed E-state index contributed by atoms with van der Waals surface area (Å²) in [5.74, 6) is -0.985. The highest BCUT2D eigenvalue weighted by Gasteiger charge is 2.33. The zero-order valence-electron chi connectivity index (χ0n) is 17.0. The van der Waals surface area contributed by atoms with Crippen molar-refractivity contribution in [1.82, 2.24) is 4.90 Å². The van der Waals surface area contributed by atoms with Crippen LogP contribution in [0.15, 0.2) is 42.5 Å². The van der Waals surface area contributed by atoms with Crippen LogP contribution < -0.4 is 5.32 Å². The fourth-order valence-corrected chi connectivity index (χ4v) is 3.97. The molecule has 0 atom stereocenters. The Labute approximate surface area is 180 Å². The fraction of sp³-hybridized carbons (Fsp3) is 0.391. The quantitative estimate of drug-likeness (QED) is 0.637. The lowest BCUT2D eigenvalue weighted by Gasteiger charge is -2.38. The number of hydrogen-bond acceptors (Lipinski definition) is 4. The second kappa shape index (κ2) is 9.69. The van der Waals surface area contributed by atoms with Gasteiger partial charge in [-0.1, -0.05) is 23.7 Å². The van der Waals surface area contributed by atoms with Gasteiger partial charge in [0, 0.05) is 37.0 Å². The Morgan fingerprint density at radius 1 is 1.17 bits per heavy atom. The molecule has 1 fully saturated rings. The second-order valence-electron chi connectivity index (χ2n) is 7.78. The average Bonchev–Trinajstić information content (AvgIpc) is 2.69. The summed E-state index contributed by atoms with van der Waals surface area (Å²) in [4.78, 5) is 26.1. The number of anilines is 1. The highest BCUT2D eigenvalue weighted by Crippen LogP contribution is 2.33. The van der Waals surface area contributed by atoms with Crippen LogP contribution in [0.4, 0.5) is 10.1 Å². The summed E-state index contributed by atoms with van der Waals surface area (Å²) in [6.45, 7) is 3.53. The minimum atomic E-state index is -0.849. The second-order valence-corrected chi connectivity index (χ2v) is 8.21. The van der Waals surface area contributed by atoms with E-state index >= 15 is 0 Å². The molecule has 0 unspecified atom stereocenters. The minimum absolute atomic E-state index is 0.131. The Bertz CT molecular complexity index is 909. The summed E-state index contributed by atoms with van der Waals surface area (Å²) in [6.07, 6.45) is 2.19. The predicted octanol–water partition coefficient (Wildman–Crippen LogP) is 4.38. The van der Waals surface area contributed by atoms with Gasteiger partial charge in [0.2, 0.25) is 5.91 Å². The lowest BCUT2D eigenvalue weighted by Crippen LogP contribution is -2.42. The van der Waals surface area contributed by atoms with Crippen LogP contribution in [0, 0.1) is 5.82 Å². The van der Waals surface area contributed by atoms with Gasteiger partial charge in [-0.2, -0.15) is 0 Å². The van der Waals surface area contributed by atoms with Crippen molar-refractivity contribution in [1.29, 1.82) is 0 Å². The molecule has 7 heteroatoms. The first kappa shape index (κ1) is 22.4. The highest BCUT2D eigenvalue weighted by molar-refractivity contribution is 6.30. The number of carbonyl (C=O) groups is 2. The van der Waals surface area contributed by atoms with Gasteiger partial charge in [0.25, 0.3) is 0 Å². The average molecular weight is 433 g/mol. The molecule has 1 heterocycles. The molecule has 0 radical (unpaired) electrons. The van der Waals surface area contributed by atoms with Crippen LogP contribution in [0.2, 0.25) is 5.02 Å². The number of ketones is 1. The normalized spacial score (nSPS) is 16.3. The number of carbonyl (C=O) groups excluding carboxylic acids is 2. The molecular weight excluding hydrogens is 407 g/mol. The van der Waals surface area contributed by atoms with Crippen LogP contribution in [0.3, 0.4) is 0 Å². The molecule has 2 aromatic rings. The molecule has 2 N–H and O–H groups in total. The third-order valence-corrected chi connectivity index (χ3v) is 5.79. The summed E-state index contributed by atoms with van der Waals surface area (Å²) in [5, 5.41) is 14.1. The lowest BCUT2D eigenvalue weighted by atomic mass is 9.84. The topological polar surface area (TPSA) is 69.6 Å². The number of nitrogens with zero attached hydrogens (tertiary/aromatic N) is 1. The Morgan fingerprint density at radius 3 is 2.47 bits per heavy atom. The van der Waals surface area contributed by atoms with Gasteiger partial charge in [-0.3, -0.25) is 9.59 Å². The largest absolute Gasteiger partial charge is 0.385 e. The first-order chi connectivity index (χ1) is 14.3. The van der Waals surface area contributed by atoms with Crippen molar-refractivity contribution in [3.05, 3.63) is 64.4 Å². The van der Waals surface area contributed by atoms with Crippen molar-refractivity contribution in [2.24, 2.45) is 0 Å². The standard InChI is InChI=1S/C23H26ClFN2O3/c1-16(28)26-21-15-19(25)8-9-20(21)22(29)3-2-12-27-13-10-23(30,11-14-27)17-4-6-18(24)7-5-17/h4-9,15,30H,2-3,10-14H2,1H3,(H,26,28). The van der Waals surface area contributed by atoms with Crippen molar-refractivity contribution < 1.29 is 19.1 Å². The van der Waals surface area contributed by atoms with Crippen LogP contribution in [0.25, 0.3) is 0 Å². The molecule has 30 heavy (non-hydrogen) atoms. The highest BCUT2D eigenvalue weighted by atomic mass is 35.5. The van der Waals surface area contributed by atoms with Crippen molar-refractivity contribution in [2.45, 2.75) is 38.2 Å². The summed E-state index contributed by atoms with van der Waals surface area (Å²) < 4.78 is 13.5. The molecule has 0 aromatic heterocycles. The summed E-state index contributed by atoms with van der Waals surface area (Å²) in [5.41, 5.74) is 0.558. The van der Waals surface area contributed by atoms with Gasteiger partial charge >= 0.3 is 0 Å². The first-order valence-corrected chi connectivity index (χ1v) is 10.5. The number of hydrogen-bond donors (Lipinski definition) is 2. The number of aliphatic hydroxyl groups is 1. The van der Waals surface area contributed by atoms with E-state index in [-0.39, 0.29) is 17.4 Å².